The van der Waals surface area contributed by atoms with Gasteiger partial charge in [-0.05, 0) is 32.6 Å². The minimum absolute atomic E-state index is 0.00873. The van der Waals surface area contributed by atoms with Gasteiger partial charge in [0.25, 0.3) is 0 Å². The predicted octanol–water partition coefficient (Wildman–Crippen LogP) is 4.88. The molecule has 0 aliphatic heterocycles. The van der Waals surface area contributed by atoms with E-state index in [4.69, 9.17) is 4.74 Å². The molecule has 0 bridgehead atoms. The van der Waals surface area contributed by atoms with Crippen LogP contribution >= 0.6 is 0 Å². The van der Waals surface area contributed by atoms with Crippen molar-refractivity contribution in [2.45, 2.75) is 78.7 Å². The highest BCUT2D eigenvalue weighted by atomic mass is 16.5. The number of ether oxygens (including phenoxy) is 1. The van der Waals surface area contributed by atoms with Crippen LogP contribution in [-0.4, -0.2) is 12.1 Å². The number of unbranched alkanes of at least 4 members (excludes halogenated alkanes) is 2. The Labute approximate surface area is 113 Å². The van der Waals surface area contributed by atoms with E-state index in [0.717, 1.165) is 18.8 Å². The molecule has 0 amide bonds. The Kier molecular flexibility index (Phi) is 9.72. The maximum Gasteiger partial charge on any atom is 0.333 e. The van der Waals surface area contributed by atoms with Gasteiger partial charge in [0.05, 0.1) is 6.10 Å². The zero-order chi connectivity index (χ0) is 14.0. The van der Waals surface area contributed by atoms with Crippen molar-refractivity contribution in [3.63, 3.8) is 0 Å². The predicted molar refractivity (Wildman–Crippen MR) is 77.5 cm³/mol. The normalized spacial score (nSPS) is 14.0. The molecule has 0 N–H and O–H groups in total. The third-order valence-electron chi connectivity index (χ3n) is 3.43. The van der Waals surface area contributed by atoms with Gasteiger partial charge >= 0.3 is 5.97 Å². The van der Waals surface area contributed by atoms with Crippen molar-refractivity contribution in [1.82, 2.24) is 0 Å². The Morgan fingerprint density at radius 3 is 2.33 bits per heavy atom. The van der Waals surface area contributed by atoms with Crippen LogP contribution in [0.25, 0.3) is 0 Å². The maximum absolute atomic E-state index is 11.4. The molecule has 106 valence electrons. The molecule has 0 aliphatic carbocycles. The van der Waals surface area contributed by atoms with E-state index < -0.39 is 0 Å². The lowest BCUT2D eigenvalue weighted by Gasteiger charge is -2.18. The lowest BCUT2D eigenvalue weighted by molar-refractivity contribution is -0.143. The van der Waals surface area contributed by atoms with Crippen molar-refractivity contribution >= 4 is 5.97 Å². The van der Waals surface area contributed by atoms with E-state index in [2.05, 4.69) is 20.4 Å². The summed E-state index contributed by atoms with van der Waals surface area (Å²) in [6.45, 7) is 11.7. The molecule has 0 aromatic rings. The van der Waals surface area contributed by atoms with Gasteiger partial charge in [-0.15, -0.1) is 0 Å². The Morgan fingerprint density at radius 2 is 1.83 bits per heavy atom. The molecule has 0 fully saturated rings. The van der Waals surface area contributed by atoms with Gasteiger partial charge in [-0.25, -0.2) is 4.79 Å². The van der Waals surface area contributed by atoms with Crippen molar-refractivity contribution in [3.8, 4) is 0 Å². The first-order valence-corrected chi connectivity index (χ1v) is 7.37. The SMILES string of the molecule is C=C(C)C(=O)OC(C)CCC(CC)CCCCC. The Hall–Kier alpha value is -0.790. The first-order chi connectivity index (χ1) is 8.51. The molecule has 0 radical (unpaired) electrons. The van der Waals surface area contributed by atoms with E-state index in [0.29, 0.717) is 5.57 Å². The molecule has 0 saturated heterocycles. The Bertz CT molecular complexity index is 245. The summed E-state index contributed by atoms with van der Waals surface area (Å²) in [5.41, 5.74) is 0.483. The van der Waals surface area contributed by atoms with Crippen LogP contribution in [0.15, 0.2) is 12.2 Å². The second-order valence-corrected chi connectivity index (χ2v) is 5.34. The number of carbonyl (C=O) groups excluding carboxylic acids is 1. The van der Waals surface area contributed by atoms with Gasteiger partial charge in [0.1, 0.15) is 0 Å². The molecule has 0 rings (SSSR count). The van der Waals surface area contributed by atoms with E-state index in [-0.39, 0.29) is 12.1 Å². The Morgan fingerprint density at radius 1 is 1.17 bits per heavy atom. The van der Waals surface area contributed by atoms with Gasteiger partial charge in [0.15, 0.2) is 0 Å². The highest BCUT2D eigenvalue weighted by Gasteiger charge is 2.13. The lowest BCUT2D eigenvalue weighted by atomic mass is 9.93. The molecular weight excluding hydrogens is 224 g/mol. The topological polar surface area (TPSA) is 26.3 Å². The number of rotatable bonds is 10. The summed E-state index contributed by atoms with van der Waals surface area (Å²) in [4.78, 5) is 11.4. The quantitative estimate of drug-likeness (QED) is 0.315. The average Bonchev–Trinajstić information content (AvgIpc) is 2.33. The average molecular weight is 254 g/mol. The number of esters is 1. The first-order valence-electron chi connectivity index (χ1n) is 7.37. The van der Waals surface area contributed by atoms with Crippen LogP contribution in [0.2, 0.25) is 0 Å². The van der Waals surface area contributed by atoms with Gasteiger partial charge in [0.2, 0.25) is 0 Å². The molecule has 0 aliphatic rings. The summed E-state index contributed by atoms with van der Waals surface area (Å²) in [5.74, 6) is 0.518. The number of hydrogen-bond acceptors (Lipinski definition) is 2. The summed E-state index contributed by atoms with van der Waals surface area (Å²) >= 11 is 0. The summed E-state index contributed by atoms with van der Waals surface area (Å²) in [5, 5.41) is 0. The van der Waals surface area contributed by atoms with Crippen molar-refractivity contribution in [2.24, 2.45) is 5.92 Å². The molecule has 0 aromatic carbocycles. The van der Waals surface area contributed by atoms with Crippen LogP contribution in [0.3, 0.4) is 0 Å². The van der Waals surface area contributed by atoms with Crippen LogP contribution in [0.1, 0.15) is 72.6 Å². The van der Waals surface area contributed by atoms with E-state index in [1.54, 1.807) is 6.92 Å². The fourth-order valence-electron chi connectivity index (χ4n) is 2.05. The molecule has 0 saturated carbocycles. The molecule has 0 heterocycles. The molecule has 2 heteroatoms. The van der Waals surface area contributed by atoms with Crippen LogP contribution in [-0.2, 0) is 9.53 Å². The number of carbonyl (C=O) groups is 1. The third kappa shape index (κ3) is 8.32. The van der Waals surface area contributed by atoms with Gasteiger partial charge < -0.3 is 4.74 Å². The molecule has 2 unspecified atom stereocenters. The van der Waals surface area contributed by atoms with E-state index in [1.807, 2.05) is 6.92 Å². The summed E-state index contributed by atoms with van der Waals surface area (Å²) in [6, 6.07) is 0. The van der Waals surface area contributed by atoms with Gasteiger partial charge in [-0.1, -0.05) is 52.5 Å². The highest BCUT2D eigenvalue weighted by molar-refractivity contribution is 5.87. The van der Waals surface area contributed by atoms with Crippen molar-refractivity contribution < 1.29 is 9.53 Å². The molecule has 18 heavy (non-hydrogen) atoms. The summed E-state index contributed by atoms with van der Waals surface area (Å²) in [6.07, 6.45) is 8.61. The molecule has 2 nitrogen and oxygen atoms in total. The van der Waals surface area contributed by atoms with E-state index >= 15 is 0 Å². The van der Waals surface area contributed by atoms with Gasteiger partial charge in [-0.3, -0.25) is 0 Å². The van der Waals surface area contributed by atoms with Crippen LogP contribution in [0.4, 0.5) is 0 Å². The smallest absolute Gasteiger partial charge is 0.333 e. The molecular formula is C16H30O2. The number of hydrogen-bond donors (Lipinski definition) is 0. The zero-order valence-electron chi connectivity index (χ0n) is 12.6. The zero-order valence-corrected chi connectivity index (χ0v) is 12.6. The van der Waals surface area contributed by atoms with E-state index in [9.17, 15) is 4.79 Å². The molecule has 0 spiro atoms. The highest BCUT2D eigenvalue weighted by Crippen LogP contribution is 2.20. The standard InChI is InChI=1S/C16H30O2/c1-6-8-9-10-15(7-2)12-11-14(5)18-16(17)13(3)4/h14-15H,3,6-12H2,1-2,4-5H3. The molecule has 0 aromatic heterocycles. The van der Waals surface area contributed by atoms with Crippen LogP contribution in [0.5, 0.6) is 0 Å². The van der Waals surface area contributed by atoms with Crippen molar-refractivity contribution in [1.29, 1.82) is 0 Å². The minimum Gasteiger partial charge on any atom is -0.459 e. The monoisotopic (exact) mass is 254 g/mol. The maximum atomic E-state index is 11.4. The fraction of sp³-hybridized carbons (Fsp3) is 0.812. The van der Waals surface area contributed by atoms with Crippen molar-refractivity contribution in [3.05, 3.63) is 12.2 Å². The second kappa shape index (κ2) is 10.2. The summed E-state index contributed by atoms with van der Waals surface area (Å²) < 4.78 is 5.29. The summed E-state index contributed by atoms with van der Waals surface area (Å²) in [7, 11) is 0. The third-order valence-corrected chi connectivity index (χ3v) is 3.43. The Balaban J connectivity index is 3.82. The van der Waals surface area contributed by atoms with Crippen molar-refractivity contribution in [2.75, 3.05) is 0 Å². The van der Waals surface area contributed by atoms with Crippen LogP contribution in [0, 0.1) is 5.92 Å². The second-order valence-electron chi connectivity index (χ2n) is 5.34. The van der Waals surface area contributed by atoms with Gasteiger partial charge in [0, 0.05) is 5.57 Å². The molecule has 2 atom stereocenters. The minimum atomic E-state index is -0.262. The van der Waals surface area contributed by atoms with E-state index in [1.165, 1.54) is 32.1 Å². The lowest BCUT2D eigenvalue weighted by Crippen LogP contribution is -2.16. The first kappa shape index (κ1) is 17.2. The van der Waals surface area contributed by atoms with Crippen LogP contribution < -0.4 is 0 Å². The van der Waals surface area contributed by atoms with Gasteiger partial charge in [-0.2, -0.15) is 0 Å². The fourth-order valence-corrected chi connectivity index (χ4v) is 2.05. The largest absolute Gasteiger partial charge is 0.459 e.